The third kappa shape index (κ3) is 7.32. The van der Waals surface area contributed by atoms with Gasteiger partial charge in [-0.25, -0.2) is 0 Å². The molecule has 1 amide bonds. The van der Waals surface area contributed by atoms with E-state index in [0.717, 1.165) is 43.4 Å². The molecule has 8 rings (SSSR count). The summed E-state index contributed by atoms with van der Waals surface area (Å²) in [6.45, 7) is 6.07. The summed E-state index contributed by atoms with van der Waals surface area (Å²) < 4.78 is 2.51. The van der Waals surface area contributed by atoms with E-state index in [9.17, 15) is 4.79 Å². The van der Waals surface area contributed by atoms with Crippen molar-refractivity contribution in [2.45, 2.75) is 57.9 Å². The van der Waals surface area contributed by atoms with Crippen LogP contribution in [0, 0.1) is 0 Å². The molecule has 8 heteroatoms. The number of nitrogens with zero attached hydrogens (tertiary/aromatic N) is 6. The molecule has 0 fully saturated rings. The van der Waals surface area contributed by atoms with Crippen LogP contribution in [0.15, 0.2) is 139 Å². The number of hydrogen-bond acceptors (Lipinski definition) is 6. The fraction of sp³-hybridized carbons (Fsp3) is 0.234. The Bertz CT molecular complexity index is 2500. The molecule has 0 spiro atoms. The van der Waals surface area contributed by atoms with Gasteiger partial charge in [0.25, 0.3) is 0 Å². The molecule has 2 aliphatic heterocycles. The van der Waals surface area contributed by atoms with Gasteiger partial charge >= 0.3 is 0 Å². The lowest BCUT2D eigenvalue weighted by molar-refractivity contribution is -0.438. The van der Waals surface area contributed by atoms with Crippen molar-refractivity contribution in [2.24, 2.45) is 0 Å². The van der Waals surface area contributed by atoms with E-state index < -0.39 is 0 Å². The minimum atomic E-state index is -0.173. The minimum absolute atomic E-state index is 0.0703. The van der Waals surface area contributed by atoms with Gasteiger partial charge in [-0.2, -0.15) is 4.58 Å². The number of anilines is 1. The largest absolute Gasteiger partial charge is 0.352 e. The van der Waals surface area contributed by atoms with Gasteiger partial charge in [0.1, 0.15) is 6.54 Å². The number of benzene rings is 5. The lowest BCUT2D eigenvalue weighted by Crippen LogP contribution is -2.28. The topological polar surface area (TPSA) is 86.9 Å². The third-order valence-corrected chi connectivity index (χ3v) is 11.1. The third-order valence-electron chi connectivity index (χ3n) is 11.1. The van der Waals surface area contributed by atoms with E-state index >= 15 is 0 Å². The van der Waals surface area contributed by atoms with Crippen molar-refractivity contribution in [3.8, 4) is 11.4 Å². The maximum absolute atomic E-state index is 12.7. The molecule has 0 aliphatic carbocycles. The Morgan fingerprint density at radius 3 is 2.35 bits per heavy atom. The van der Waals surface area contributed by atoms with Crippen molar-refractivity contribution in [3.63, 3.8) is 0 Å². The summed E-state index contributed by atoms with van der Waals surface area (Å²) in [5.74, 6) is 0.549. The second-order valence-corrected chi connectivity index (χ2v) is 14.9. The van der Waals surface area contributed by atoms with Crippen molar-refractivity contribution in [3.05, 3.63) is 156 Å². The van der Waals surface area contributed by atoms with Crippen LogP contribution in [0.4, 0.5) is 11.4 Å². The van der Waals surface area contributed by atoms with Crippen LogP contribution in [0.25, 0.3) is 32.9 Å². The van der Waals surface area contributed by atoms with Gasteiger partial charge in [-0.1, -0.05) is 97.1 Å². The minimum Gasteiger partial charge on any atom is -0.352 e. The summed E-state index contributed by atoms with van der Waals surface area (Å²) in [7, 11) is 2.16. The van der Waals surface area contributed by atoms with Crippen molar-refractivity contribution >= 4 is 44.5 Å². The van der Waals surface area contributed by atoms with E-state index in [-0.39, 0.29) is 11.3 Å². The van der Waals surface area contributed by atoms with Gasteiger partial charge in [-0.05, 0) is 77.6 Å². The summed E-state index contributed by atoms with van der Waals surface area (Å²) in [5, 5.41) is 23.9. The van der Waals surface area contributed by atoms with E-state index in [2.05, 4.69) is 159 Å². The number of aromatic nitrogens is 4. The van der Waals surface area contributed by atoms with Gasteiger partial charge in [-0.15, -0.1) is 20.4 Å². The van der Waals surface area contributed by atoms with E-state index in [1.165, 1.54) is 61.8 Å². The molecular weight excluding hydrogens is 679 g/mol. The molecule has 0 radical (unpaired) electrons. The standard InChI is InChI=1S/C47H45N7O/c1-47(2)43(19-7-4-6-16-37-30-40-38-17-11-9-14-34(38)25-27-41(40)53(37)3)54(42-28-26-35-15-10-12-18-39(35)45(42)47)29-13-5-8-20-44(55)48-31-33-21-23-36(24-22-33)46-51-49-32-50-52-46/h4,6-7,9-12,14-19,21-28,32H,5,8,13,20,29-31H2,1-3H3/p+1. The van der Waals surface area contributed by atoms with Crippen LogP contribution in [-0.4, -0.2) is 50.2 Å². The molecule has 6 aromatic rings. The Kier molecular flexibility index (Phi) is 10.1. The van der Waals surface area contributed by atoms with Crippen LogP contribution in [0.5, 0.6) is 0 Å². The average Bonchev–Trinajstić information content (AvgIpc) is 3.66. The van der Waals surface area contributed by atoms with Crippen LogP contribution in [0.3, 0.4) is 0 Å². The molecule has 0 bridgehead atoms. The number of allylic oxidation sites excluding steroid dienone is 6. The molecule has 0 saturated heterocycles. The molecule has 55 heavy (non-hydrogen) atoms. The van der Waals surface area contributed by atoms with Crippen molar-refractivity contribution in [2.75, 3.05) is 18.5 Å². The number of fused-ring (bicyclic) bond motifs is 6. The smallest absolute Gasteiger partial charge is 0.220 e. The number of carbonyl (C=O) groups is 1. The van der Waals surface area contributed by atoms with Crippen LogP contribution in [0.1, 0.15) is 56.2 Å². The highest BCUT2D eigenvalue weighted by molar-refractivity contribution is 6.07. The van der Waals surface area contributed by atoms with E-state index in [0.29, 0.717) is 18.8 Å². The molecule has 274 valence electrons. The van der Waals surface area contributed by atoms with Crippen LogP contribution >= 0.6 is 0 Å². The molecule has 1 aromatic heterocycles. The Hall–Kier alpha value is -6.28. The van der Waals surface area contributed by atoms with Crippen molar-refractivity contribution in [1.29, 1.82) is 0 Å². The van der Waals surface area contributed by atoms with Crippen LogP contribution < -0.4 is 10.2 Å². The number of nitrogens with one attached hydrogen (secondary N) is 1. The lowest BCUT2D eigenvalue weighted by Gasteiger charge is -2.17. The second-order valence-electron chi connectivity index (χ2n) is 14.9. The zero-order valence-electron chi connectivity index (χ0n) is 31.7. The highest BCUT2D eigenvalue weighted by atomic mass is 16.1. The Morgan fingerprint density at radius 2 is 1.55 bits per heavy atom. The maximum atomic E-state index is 12.7. The molecule has 3 heterocycles. The number of unbranched alkanes of at least 4 members (excludes halogenated alkanes) is 2. The fourth-order valence-corrected chi connectivity index (χ4v) is 8.22. The molecule has 8 nitrogen and oxygen atoms in total. The zero-order chi connectivity index (χ0) is 37.8. The molecule has 0 unspecified atom stereocenters. The number of rotatable bonds is 12. The molecule has 5 aromatic carbocycles. The number of likely N-dealkylation sites (N-methyl/N-ethyl adjacent to an activating group) is 1. The highest BCUT2D eigenvalue weighted by Gasteiger charge is 2.45. The van der Waals surface area contributed by atoms with E-state index in [1.54, 1.807) is 0 Å². The average molecular weight is 725 g/mol. The lowest BCUT2D eigenvalue weighted by atomic mass is 9.79. The first-order valence-corrected chi connectivity index (χ1v) is 19.2. The molecule has 1 N–H and O–H groups in total. The molecule has 2 aliphatic rings. The van der Waals surface area contributed by atoms with E-state index in [4.69, 9.17) is 0 Å². The van der Waals surface area contributed by atoms with Crippen LogP contribution in [-0.2, 0) is 23.2 Å². The molecular formula is C47H46N7O+. The highest BCUT2D eigenvalue weighted by Crippen LogP contribution is 2.44. The summed E-state index contributed by atoms with van der Waals surface area (Å²) >= 11 is 0. The van der Waals surface area contributed by atoms with Crippen LogP contribution in [0.2, 0.25) is 0 Å². The van der Waals surface area contributed by atoms with Gasteiger partial charge in [0, 0.05) is 67.5 Å². The summed E-state index contributed by atoms with van der Waals surface area (Å²) in [5.41, 5.74) is 9.62. The quantitative estimate of drug-likeness (QED) is 0.0770. The van der Waals surface area contributed by atoms with Crippen molar-refractivity contribution < 1.29 is 9.37 Å². The first-order valence-electron chi connectivity index (χ1n) is 19.2. The Morgan fingerprint density at radius 1 is 0.818 bits per heavy atom. The van der Waals surface area contributed by atoms with Gasteiger partial charge in [0.2, 0.25) is 17.4 Å². The zero-order valence-corrected chi connectivity index (χ0v) is 31.7. The van der Waals surface area contributed by atoms with Gasteiger partial charge < -0.3 is 10.2 Å². The first kappa shape index (κ1) is 35.7. The van der Waals surface area contributed by atoms with Gasteiger partial charge in [0.05, 0.1) is 5.41 Å². The van der Waals surface area contributed by atoms with Crippen molar-refractivity contribution in [1.82, 2.24) is 25.7 Å². The molecule has 0 saturated carbocycles. The van der Waals surface area contributed by atoms with Gasteiger partial charge in [-0.3, -0.25) is 4.79 Å². The summed E-state index contributed by atoms with van der Waals surface area (Å²) in [4.78, 5) is 15.1. The molecule has 0 atom stereocenters. The SMILES string of the molecule is CN1C(=CC=CC=CC2=[N+](CCCCCC(=O)NCc3ccc(-c4nncnn4)cc3)c3ccc4ccccc4c3C2(C)C)Cc2c1ccc1ccccc21. The van der Waals surface area contributed by atoms with E-state index in [1.807, 2.05) is 24.3 Å². The predicted octanol–water partition coefficient (Wildman–Crippen LogP) is 9.18. The van der Waals surface area contributed by atoms with Gasteiger partial charge in [0.15, 0.2) is 12.0 Å². The number of carbonyl (C=O) groups excluding carboxylic acids is 1. The number of amides is 1. The maximum Gasteiger partial charge on any atom is 0.220 e. The monoisotopic (exact) mass is 724 g/mol. The normalized spacial score (nSPS) is 15.5. The first-order chi connectivity index (χ1) is 26.9. The Balaban J connectivity index is 0.916. The Labute approximate surface area is 322 Å². The second kappa shape index (κ2) is 15.6. The summed E-state index contributed by atoms with van der Waals surface area (Å²) in [6.07, 6.45) is 16.6. The number of hydrogen-bond donors (Lipinski definition) is 1. The fourth-order valence-electron chi connectivity index (χ4n) is 8.22. The predicted molar refractivity (Wildman–Crippen MR) is 223 cm³/mol. The summed E-state index contributed by atoms with van der Waals surface area (Å²) in [6, 6.07) is 34.2.